The average Bonchev–Trinajstić information content (AvgIpc) is 2.80. The maximum Gasteiger partial charge on any atom is 0.351 e. The summed E-state index contributed by atoms with van der Waals surface area (Å²) in [6, 6.07) is 0. The Morgan fingerprint density at radius 3 is 2.50 bits per heavy atom. The smallest absolute Gasteiger partial charge is 0.351 e. The zero-order chi connectivity index (χ0) is 18.3. The maximum atomic E-state index is 12.5. The number of rotatable bonds is 7. The van der Waals surface area contributed by atoms with Crippen LogP contribution in [0.1, 0.15) is 34.6 Å². The second-order valence-electron chi connectivity index (χ2n) is 5.41. The van der Waals surface area contributed by atoms with Gasteiger partial charge in [0.15, 0.2) is 22.9 Å². The van der Waals surface area contributed by atoms with E-state index in [-0.39, 0.29) is 17.1 Å². The molecule has 24 heavy (non-hydrogen) atoms. The highest BCUT2D eigenvalue weighted by atomic mass is 16.6. The number of cyclic esters (lactones) is 1. The fraction of sp³-hybridized carbons (Fsp3) is 0.300. The zero-order valence-electron chi connectivity index (χ0n) is 14.9. The summed E-state index contributed by atoms with van der Waals surface area (Å²) >= 11 is 0. The molecule has 0 atom stereocenters. The van der Waals surface area contributed by atoms with Gasteiger partial charge in [0.25, 0.3) is 0 Å². The Balaban J connectivity index is 3.00. The zero-order valence-corrected chi connectivity index (χ0v) is 14.9. The molecule has 0 aromatic rings. The molecule has 0 radical (unpaired) electrons. The van der Waals surface area contributed by atoms with Crippen molar-refractivity contribution < 1.29 is 19.1 Å². The number of carbonyl (C=O) groups is 2. The third kappa shape index (κ3) is 4.95. The predicted octanol–water partition coefficient (Wildman–Crippen LogP) is 4.33. The molecule has 128 valence electrons. The van der Waals surface area contributed by atoms with E-state index in [0.29, 0.717) is 12.2 Å². The van der Waals surface area contributed by atoms with E-state index >= 15 is 0 Å². The Bertz CT molecular complexity index is 697. The van der Waals surface area contributed by atoms with E-state index in [1.807, 2.05) is 39.0 Å². The molecule has 0 aromatic carbocycles. The molecule has 1 heterocycles. The van der Waals surface area contributed by atoms with Gasteiger partial charge in [0.05, 0.1) is 6.61 Å². The van der Waals surface area contributed by atoms with Crippen molar-refractivity contribution in [2.75, 3.05) is 6.61 Å². The van der Waals surface area contributed by atoms with Crippen LogP contribution < -0.4 is 0 Å². The van der Waals surface area contributed by atoms with Gasteiger partial charge in [-0.2, -0.15) is 0 Å². The van der Waals surface area contributed by atoms with Crippen LogP contribution in [0.5, 0.6) is 0 Å². The van der Waals surface area contributed by atoms with Crippen LogP contribution in [-0.4, -0.2) is 18.4 Å². The monoisotopic (exact) mass is 328 g/mol. The topological polar surface area (TPSA) is 52.6 Å². The highest BCUT2D eigenvalue weighted by molar-refractivity contribution is 6.25. The van der Waals surface area contributed by atoms with Crippen molar-refractivity contribution >= 4 is 11.8 Å². The van der Waals surface area contributed by atoms with Crippen LogP contribution in [0.25, 0.3) is 0 Å². The van der Waals surface area contributed by atoms with Gasteiger partial charge in [0, 0.05) is 0 Å². The second kappa shape index (κ2) is 8.87. The van der Waals surface area contributed by atoms with Crippen molar-refractivity contribution in [1.82, 2.24) is 0 Å². The Morgan fingerprint density at radius 1 is 1.25 bits per heavy atom. The lowest BCUT2D eigenvalue weighted by Crippen LogP contribution is -2.12. The third-order valence-electron chi connectivity index (χ3n) is 3.39. The van der Waals surface area contributed by atoms with Crippen molar-refractivity contribution in [3.8, 4) is 0 Å². The Kier molecular flexibility index (Phi) is 7.18. The third-order valence-corrected chi connectivity index (χ3v) is 3.39. The molecule has 0 unspecified atom stereocenters. The molecule has 0 N–H and O–H groups in total. The van der Waals surface area contributed by atoms with E-state index in [1.54, 1.807) is 26.0 Å². The van der Waals surface area contributed by atoms with Crippen LogP contribution in [0, 0.1) is 0 Å². The summed E-state index contributed by atoms with van der Waals surface area (Å²) in [7, 11) is 0. The molecule has 0 spiro atoms. The molecule has 0 saturated heterocycles. The summed E-state index contributed by atoms with van der Waals surface area (Å²) in [6.07, 6.45) is 9.39. The summed E-state index contributed by atoms with van der Waals surface area (Å²) in [4.78, 5) is 24.3. The average molecular weight is 328 g/mol. The van der Waals surface area contributed by atoms with E-state index in [4.69, 9.17) is 9.47 Å². The molecular weight excluding hydrogens is 304 g/mol. The van der Waals surface area contributed by atoms with Crippen molar-refractivity contribution in [2.45, 2.75) is 34.6 Å². The normalized spacial score (nSPS) is 17.0. The molecule has 0 aliphatic carbocycles. The lowest BCUT2D eigenvalue weighted by Gasteiger charge is -2.04. The van der Waals surface area contributed by atoms with Gasteiger partial charge in [0.1, 0.15) is 0 Å². The molecule has 0 saturated carbocycles. The van der Waals surface area contributed by atoms with Gasteiger partial charge in [-0.15, -0.1) is 0 Å². The van der Waals surface area contributed by atoms with Crippen molar-refractivity contribution in [3.05, 3.63) is 70.8 Å². The lowest BCUT2D eigenvalue weighted by atomic mass is 10.0. The van der Waals surface area contributed by atoms with Crippen LogP contribution in [0.2, 0.25) is 0 Å². The molecule has 1 aliphatic rings. The minimum atomic E-state index is -0.718. The number of ether oxygens (including phenoxy) is 2. The van der Waals surface area contributed by atoms with Gasteiger partial charge in [-0.3, -0.25) is 4.79 Å². The summed E-state index contributed by atoms with van der Waals surface area (Å²) < 4.78 is 10.2. The molecule has 1 aliphatic heterocycles. The predicted molar refractivity (Wildman–Crippen MR) is 95.0 cm³/mol. The minimum absolute atomic E-state index is 0.0779. The summed E-state index contributed by atoms with van der Waals surface area (Å²) in [5, 5.41) is 0. The van der Waals surface area contributed by atoms with Gasteiger partial charge in [0.2, 0.25) is 0 Å². The number of allylic oxidation sites excluding steroid dienone is 8. The van der Waals surface area contributed by atoms with E-state index in [1.165, 1.54) is 0 Å². The van der Waals surface area contributed by atoms with Gasteiger partial charge >= 0.3 is 5.97 Å². The number of Topliss-reactive ketones (excluding diaryl/α,β-unsaturated/α-hetero) is 1. The minimum Gasteiger partial charge on any atom is -0.489 e. The van der Waals surface area contributed by atoms with Gasteiger partial charge in [-0.25, -0.2) is 4.79 Å². The largest absolute Gasteiger partial charge is 0.489 e. The number of esters is 1. The first-order valence-electron chi connectivity index (χ1n) is 7.81. The first kappa shape index (κ1) is 19.4. The molecule has 4 nitrogen and oxygen atoms in total. The summed E-state index contributed by atoms with van der Waals surface area (Å²) in [5.74, 6) is -0.929. The van der Waals surface area contributed by atoms with Crippen LogP contribution in [0.3, 0.4) is 0 Å². The van der Waals surface area contributed by atoms with Crippen molar-refractivity contribution in [3.63, 3.8) is 0 Å². The second-order valence-corrected chi connectivity index (χ2v) is 5.41. The highest BCUT2D eigenvalue weighted by Gasteiger charge is 2.35. The van der Waals surface area contributed by atoms with E-state index < -0.39 is 11.8 Å². The van der Waals surface area contributed by atoms with Gasteiger partial charge < -0.3 is 9.47 Å². The van der Waals surface area contributed by atoms with E-state index in [0.717, 1.165) is 11.1 Å². The van der Waals surface area contributed by atoms with Crippen molar-refractivity contribution in [2.24, 2.45) is 0 Å². The Morgan fingerprint density at radius 2 is 1.92 bits per heavy atom. The Labute approximate surface area is 143 Å². The molecular formula is C20H24O4. The lowest BCUT2D eigenvalue weighted by molar-refractivity contribution is -0.134. The molecule has 4 heteroatoms. The SMILES string of the molecule is C=C1OC(=O)C(C(=O)/C(C)=C/C=C/C(C)=C/C(C)=C/C)=C1OCC. The first-order chi connectivity index (χ1) is 11.3. The molecule has 0 aromatic heterocycles. The van der Waals surface area contributed by atoms with E-state index in [9.17, 15) is 9.59 Å². The summed E-state index contributed by atoms with van der Waals surface area (Å²) in [6.45, 7) is 13.3. The fourth-order valence-corrected chi connectivity index (χ4v) is 2.04. The standard InChI is InChI=1S/C20H24O4/c1-7-13(3)12-14(4)10-9-11-15(5)18(21)17-19(23-8-2)16(6)24-20(17)22/h7,9-12H,6,8H2,1-5H3/b10-9+,13-7+,14-12+,15-11+. The quantitative estimate of drug-likeness (QED) is 0.302. The molecule has 0 fully saturated rings. The Hall–Kier alpha value is -2.62. The fourth-order valence-electron chi connectivity index (χ4n) is 2.04. The van der Waals surface area contributed by atoms with Crippen LogP contribution in [0.15, 0.2) is 70.8 Å². The number of carbonyl (C=O) groups excluding carboxylic acids is 2. The van der Waals surface area contributed by atoms with E-state index in [2.05, 4.69) is 6.58 Å². The number of hydrogen-bond donors (Lipinski definition) is 0. The number of ketones is 1. The maximum absolute atomic E-state index is 12.5. The first-order valence-corrected chi connectivity index (χ1v) is 7.81. The van der Waals surface area contributed by atoms with Crippen LogP contribution >= 0.6 is 0 Å². The van der Waals surface area contributed by atoms with Crippen LogP contribution in [-0.2, 0) is 19.1 Å². The van der Waals surface area contributed by atoms with Gasteiger partial charge in [-0.05, 0) is 40.2 Å². The van der Waals surface area contributed by atoms with Crippen LogP contribution in [0.4, 0.5) is 0 Å². The molecule has 1 rings (SSSR count). The van der Waals surface area contributed by atoms with Gasteiger partial charge in [-0.1, -0.05) is 48.1 Å². The highest BCUT2D eigenvalue weighted by Crippen LogP contribution is 2.28. The molecule has 0 amide bonds. The molecule has 0 bridgehead atoms. The number of hydrogen-bond acceptors (Lipinski definition) is 4. The van der Waals surface area contributed by atoms with Crippen molar-refractivity contribution in [1.29, 1.82) is 0 Å². The summed E-state index contributed by atoms with van der Waals surface area (Å²) in [5.41, 5.74) is 2.54.